The zero-order valence-electron chi connectivity index (χ0n) is 6.21. The molecule has 0 N–H and O–H groups in total. The molecule has 0 radical (unpaired) electrons. The molecule has 2 bridgehead atoms. The third-order valence-electron chi connectivity index (χ3n) is 3.35. The Morgan fingerprint density at radius 2 is 1.60 bits per heavy atom. The molecule has 0 aromatic carbocycles. The SMILES string of the molecule is N#CCC1C2CCC1CC2. The first-order valence-electron chi connectivity index (χ1n) is 4.29. The lowest BCUT2D eigenvalue weighted by Crippen LogP contribution is -2.03. The summed E-state index contributed by atoms with van der Waals surface area (Å²) in [6.07, 6.45) is 6.48. The third kappa shape index (κ3) is 0.751. The second-order valence-corrected chi connectivity index (χ2v) is 3.70. The summed E-state index contributed by atoms with van der Waals surface area (Å²) in [5.41, 5.74) is 0. The van der Waals surface area contributed by atoms with Gasteiger partial charge in [0, 0.05) is 6.42 Å². The predicted molar refractivity (Wildman–Crippen MR) is 39.2 cm³/mol. The average molecular weight is 135 g/mol. The lowest BCUT2D eigenvalue weighted by Gasteiger charge is -2.08. The molecule has 1 heteroatoms. The average Bonchev–Trinajstić information content (AvgIpc) is 2.50. The molecule has 1 nitrogen and oxygen atoms in total. The molecule has 2 saturated carbocycles. The summed E-state index contributed by atoms with van der Waals surface area (Å²) in [5, 5.41) is 8.54. The van der Waals surface area contributed by atoms with E-state index in [0.29, 0.717) is 0 Å². The minimum absolute atomic E-state index is 0.796. The van der Waals surface area contributed by atoms with Gasteiger partial charge in [-0.05, 0) is 43.4 Å². The first-order valence-corrected chi connectivity index (χ1v) is 4.29. The maximum atomic E-state index is 8.54. The second kappa shape index (κ2) is 2.27. The van der Waals surface area contributed by atoms with E-state index < -0.39 is 0 Å². The molecular formula is C9H13N. The van der Waals surface area contributed by atoms with Crippen LogP contribution in [0.2, 0.25) is 0 Å². The summed E-state index contributed by atoms with van der Waals surface area (Å²) in [6.45, 7) is 0. The molecule has 0 spiro atoms. The van der Waals surface area contributed by atoms with Gasteiger partial charge in [0.05, 0.1) is 6.07 Å². The molecule has 0 unspecified atom stereocenters. The Morgan fingerprint density at radius 3 is 2.00 bits per heavy atom. The molecule has 0 heterocycles. The van der Waals surface area contributed by atoms with E-state index in [1.165, 1.54) is 25.7 Å². The largest absolute Gasteiger partial charge is 0.198 e. The van der Waals surface area contributed by atoms with Gasteiger partial charge in [-0.15, -0.1) is 0 Å². The van der Waals surface area contributed by atoms with Crippen molar-refractivity contribution in [1.29, 1.82) is 5.26 Å². The Balaban J connectivity index is 2.04. The molecule has 0 atom stereocenters. The van der Waals surface area contributed by atoms with Crippen molar-refractivity contribution in [3.8, 4) is 6.07 Å². The van der Waals surface area contributed by atoms with Gasteiger partial charge in [-0.3, -0.25) is 0 Å². The van der Waals surface area contributed by atoms with Crippen molar-refractivity contribution in [2.75, 3.05) is 0 Å². The van der Waals surface area contributed by atoms with Gasteiger partial charge in [0.1, 0.15) is 0 Å². The van der Waals surface area contributed by atoms with E-state index in [1.54, 1.807) is 0 Å². The standard InChI is InChI=1S/C9H13N/c10-6-5-9-7-1-2-8(9)4-3-7/h7-9H,1-5H2. The number of fused-ring (bicyclic) bond motifs is 2. The number of hydrogen-bond acceptors (Lipinski definition) is 1. The van der Waals surface area contributed by atoms with E-state index in [2.05, 4.69) is 6.07 Å². The summed E-state index contributed by atoms with van der Waals surface area (Å²) in [6, 6.07) is 2.31. The van der Waals surface area contributed by atoms with Crippen molar-refractivity contribution in [2.24, 2.45) is 17.8 Å². The molecule has 0 saturated heterocycles. The summed E-state index contributed by atoms with van der Waals surface area (Å²) in [7, 11) is 0. The predicted octanol–water partition coefficient (Wildman–Crippen LogP) is 2.34. The van der Waals surface area contributed by atoms with E-state index in [4.69, 9.17) is 5.26 Å². The van der Waals surface area contributed by atoms with Crippen molar-refractivity contribution < 1.29 is 0 Å². The first-order chi connectivity index (χ1) is 4.92. The van der Waals surface area contributed by atoms with E-state index in [-0.39, 0.29) is 0 Å². The molecular weight excluding hydrogens is 122 g/mol. The van der Waals surface area contributed by atoms with Crippen LogP contribution in [0, 0.1) is 29.1 Å². The topological polar surface area (TPSA) is 23.8 Å². The van der Waals surface area contributed by atoms with Gasteiger partial charge in [0.2, 0.25) is 0 Å². The van der Waals surface area contributed by atoms with Crippen LogP contribution in [-0.2, 0) is 0 Å². The highest BCUT2D eigenvalue weighted by atomic mass is 14.5. The highest BCUT2D eigenvalue weighted by molar-refractivity contribution is 4.95. The van der Waals surface area contributed by atoms with E-state index in [9.17, 15) is 0 Å². The zero-order chi connectivity index (χ0) is 6.97. The molecule has 2 aliphatic carbocycles. The summed E-state index contributed by atoms with van der Waals surface area (Å²) >= 11 is 0. The Labute approximate surface area is 62.0 Å². The quantitative estimate of drug-likeness (QED) is 0.541. The zero-order valence-corrected chi connectivity index (χ0v) is 6.21. The fourth-order valence-corrected chi connectivity index (χ4v) is 2.82. The first kappa shape index (κ1) is 6.22. The van der Waals surface area contributed by atoms with Crippen LogP contribution in [0.3, 0.4) is 0 Å². The molecule has 0 aromatic rings. The highest BCUT2D eigenvalue weighted by Gasteiger charge is 2.40. The fraction of sp³-hybridized carbons (Fsp3) is 0.889. The van der Waals surface area contributed by atoms with Crippen molar-refractivity contribution in [3.63, 3.8) is 0 Å². The lowest BCUT2D eigenvalue weighted by atomic mass is 9.95. The van der Waals surface area contributed by atoms with E-state index >= 15 is 0 Å². The highest BCUT2D eigenvalue weighted by Crippen LogP contribution is 2.50. The van der Waals surface area contributed by atoms with Crippen molar-refractivity contribution in [1.82, 2.24) is 0 Å². The van der Waals surface area contributed by atoms with Crippen molar-refractivity contribution in [2.45, 2.75) is 32.1 Å². The lowest BCUT2D eigenvalue weighted by molar-refractivity contribution is 0.414. The van der Waals surface area contributed by atoms with Crippen LogP contribution in [0.1, 0.15) is 32.1 Å². The number of hydrogen-bond donors (Lipinski definition) is 0. The van der Waals surface area contributed by atoms with Crippen LogP contribution in [0.25, 0.3) is 0 Å². The Kier molecular flexibility index (Phi) is 1.41. The molecule has 2 rings (SSSR count). The number of nitriles is 1. The number of rotatable bonds is 1. The van der Waals surface area contributed by atoms with Crippen LogP contribution in [0.5, 0.6) is 0 Å². The third-order valence-corrected chi connectivity index (χ3v) is 3.35. The van der Waals surface area contributed by atoms with E-state index in [1.807, 2.05) is 0 Å². The normalized spacial score (nSPS) is 43.7. The second-order valence-electron chi connectivity index (χ2n) is 3.70. The molecule has 0 amide bonds. The van der Waals surface area contributed by atoms with Crippen LogP contribution in [0.15, 0.2) is 0 Å². The molecule has 0 aromatic heterocycles. The van der Waals surface area contributed by atoms with Gasteiger partial charge in [0.25, 0.3) is 0 Å². The van der Waals surface area contributed by atoms with Gasteiger partial charge in [-0.2, -0.15) is 5.26 Å². The van der Waals surface area contributed by atoms with Gasteiger partial charge in [-0.1, -0.05) is 0 Å². The van der Waals surface area contributed by atoms with Crippen LogP contribution >= 0.6 is 0 Å². The van der Waals surface area contributed by atoms with E-state index in [0.717, 1.165) is 24.2 Å². The summed E-state index contributed by atoms with van der Waals surface area (Å²) in [5.74, 6) is 2.67. The van der Waals surface area contributed by atoms with Crippen molar-refractivity contribution in [3.05, 3.63) is 0 Å². The van der Waals surface area contributed by atoms with Crippen LogP contribution < -0.4 is 0 Å². The maximum absolute atomic E-state index is 8.54. The van der Waals surface area contributed by atoms with Crippen LogP contribution in [0.4, 0.5) is 0 Å². The molecule has 54 valence electrons. The Morgan fingerprint density at radius 1 is 1.10 bits per heavy atom. The fourth-order valence-electron chi connectivity index (χ4n) is 2.82. The smallest absolute Gasteiger partial charge is 0.0624 e. The molecule has 2 aliphatic rings. The van der Waals surface area contributed by atoms with Gasteiger partial charge < -0.3 is 0 Å². The molecule has 0 aliphatic heterocycles. The Hall–Kier alpha value is -0.510. The monoisotopic (exact) mass is 135 g/mol. The summed E-state index contributed by atoms with van der Waals surface area (Å²) < 4.78 is 0. The minimum Gasteiger partial charge on any atom is -0.198 e. The molecule has 2 fully saturated rings. The van der Waals surface area contributed by atoms with Crippen molar-refractivity contribution >= 4 is 0 Å². The van der Waals surface area contributed by atoms with Gasteiger partial charge >= 0.3 is 0 Å². The number of nitrogens with zero attached hydrogens (tertiary/aromatic N) is 1. The van der Waals surface area contributed by atoms with Crippen LogP contribution in [-0.4, -0.2) is 0 Å². The van der Waals surface area contributed by atoms with Gasteiger partial charge in [-0.25, -0.2) is 0 Å². The summed E-state index contributed by atoms with van der Waals surface area (Å²) in [4.78, 5) is 0. The van der Waals surface area contributed by atoms with Gasteiger partial charge in [0.15, 0.2) is 0 Å². The maximum Gasteiger partial charge on any atom is 0.0624 e. The molecule has 10 heavy (non-hydrogen) atoms. The minimum atomic E-state index is 0.796. The Bertz CT molecular complexity index is 148.